The molecule has 30 heavy (non-hydrogen) atoms. The number of carbonyl (C=O) groups is 1. The molecule has 0 atom stereocenters. The van der Waals surface area contributed by atoms with Gasteiger partial charge in [0.15, 0.2) is 0 Å². The van der Waals surface area contributed by atoms with E-state index in [1.165, 1.54) is 23.5 Å². The van der Waals surface area contributed by atoms with Gasteiger partial charge in [-0.1, -0.05) is 42.5 Å². The maximum absolute atomic E-state index is 13.3. The summed E-state index contributed by atoms with van der Waals surface area (Å²) < 4.78 is 20.6. The topological polar surface area (TPSA) is 44.1 Å². The second-order valence-electron chi connectivity index (χ2n) is 7.02. The number of halogens is 1. The van der Waals surface area contributed by atoms with Crippen molar-refractivity contribution in [1.82, 2.24) is 9.78 Å². The summed E-state index contributed by atoms with van der Waals surface area (Å²) in [5.41, 5.74) is 2.52. The molecule has 6 heteroatoms. The number of hydrogen-bond donors (Lipinski definition) is 0. The average Bonchev–Trinajstić information content (AvgIpc) is 3.33. The predicted molar refractivity (Wildman–Crippen MR) is 117 cm³/mol. The summed E-state index contributed by atoms with van der Waals surface area (Å²) in [5.74, 6) is -0.669. The van der Waals surface area contributed by atoms with E-state index in [0.717, 1.165) is 37.9 Å². The van der Waals surface area contributed by atoms with Crippen LogP contribution >= 0.6 is 11.3 Å². The summed E-state index contributed by atoms with van der Waals surface area (Å²) in [7, 11) is 0. The Labute approximate surface area is 176 Å². The normalized spacial score (nSPS) is 11.3. The second kappa shape index (κ2) is 7.39. The Bertz CT molecular complexity index is 1380. The van der Waals surface area contributed by atoms with E-state index in [2.05, 4.69) is 5.10 Å². The molecule has 0 unspecified atom stereocenters. The Kier molecular flexibility index (Phi) is 4.56. The van der Waals surface area contributed by atoms with Crippen LogP contribution in [0.3, 0.4) is 0 Å². The van der Waals surface area contributed by atoms with Gasteiger partial charge in [-0.2, -0.15) is 5.10 Å². The smallest absolute Gasteiger partial charge is 0.348 e. The number of rotatable bonds is 4. The van der Waals surface area contributed by atoms with Crippen LogP contribution in [0.15, 0.2) is 72.8 Å². The summed E-state index contributed by atoms with van der Waals surface area (Å²) in [6.45, 7) is 2.10. The summed E-state index contributed by atoms with van der Waals surface area (Å²) in [4.78, 5) is 14.1. The van der Waals surface area contributed by atoms with Gasteiger partial charge in [0.05, 0.1) is 11.4 Å². The zero-order chi connectivity index (χ0) is 20.7. The molecule has 148 valence electrons. The van der Waals surface area contributed by atoms with E-state index in [0.29, 0.717) is 4.88 Å². The van der Waals surface area contributed by atoms with E-state index >= 15 is 0 Å². The first-order chi connectivity index (χ1) is 14.6. The van der Waals surface area contributed by atoms with Crippen LogP contribution in [-0.4, -0.2) is 15.7 Å². The van der Waals surface area contributed by atoms with Crippen LogP contribution in [0.1, 0.15) is 20.9 Å². The van der Waals surface area contributed by atoms with Crippen molar-refractivity contribution in [3.8, 4) is 5.69 Å². The van der Waals surface area contributed by atoms with Gasteiger partial charge < -0.3 is 4.74 Å². The summed E-state index contributed by atoms with van der Waals surface area (Å²) >= 11 is 1.32. The van der Waals surface area contributed by atoms with Gasteiger partial charge in [0.2, 0.25) is 0 Å². The monoisotopic (exact) mass is 416 g/mol. The van der Waals surface area contributed by atoms with Gasteiger partial charge >= 0.3 is 5.97 Å². The molecule has 0 bridgehead atoms. The molecule has 5 rings (SSSR count). The van der Waals surface area contributed by atoms with E-state index in [1.54, 1.807) is 16.8 Å². The van der Waals surface area contributed by atoms with Crippen molar-refractivity contribution in [2.75, 3.05) is 0 Å². The first kappa shape index (κ1) is 18.5. The van der Waals surface area contributed by atoms with Crippen LogP contribution < -0.4 is 0 Å². The fraction of sp³-hybridized carbons (Fsp3) is 0.0833. The SMILES string of the molecule is Cc1nn(-c2ccc(F)cc2)c2sc(C(=O)OCc3cccc4ccccc34)cc12. The second-order valence-corrected chi connectivity index (χ2v) is 8.05. The number of thiophene rings is 1. The molecule has 0 fully saturated rings. The average molecular weight is 416 g/mol. The Balaban J connectivity index is 1.42. The van der Waals surface area contributed by atoms with Crippen LogP contribution in [0.4, 0.5) is 4.39 Å². The molecule has 0 aliphatic carbocycles. The molecule has 4 nitrogen and oxygen atoms in total. The minimum Gasteiger partial charge on any atom is -0.457 e. The number of aryl methyl sites for hydroxylation is 1. The summed E-state index contributed by atoms with van der Waals surface area (Å²) in [6, 6.07) is 21.9. The van der Waals surface area contributed by atoms with Crippen molar-refractivity contribution >= 4 is 38.3 Å². The molecular formula is C24H17FN2O2S. The highest BCUT2D eigenvalue weighted by atomic mass is 32.1. The van der Waals surface area contributed by atoms with Crippen LogP contribution in [0, 0.1) is 12.7 Å². The number of nitrogens with zero attached hydrogens (tertiary/aromatic N) is 2. The number of hydrogen-bond acceptors (Lipinski definition) is 4. The molecule has 0 spiro atoms. The molecular weight excluding hydrogens is 399 g/mol. The van der Waals surface area contributed by atoms with E-state index in [1.807, 2.05) is 55.5 Å². The molecule has 5 aromatic rings. The molecule has 2 aromatic heterocycles. The van der Waals surface area contributed by atoms with Crippen LogP contribution in [0.2, 0.25) is 0 Å². The standard InChI is InChI=1S/C24H17FN2O2S/c1-15-21-13-22(30-23(21)27(26-15)19-11-9-18(25)10-12-19)24(28)29-14-17-7-4-6-16-5-2-3-8-20(16)17/h2-13H,14H2,1H3. The number of esters is 1. The van der Waals surface area contributed by atoms with Crippen molar-refractivity contribution in [3.63, 3.8) is 0 Å². The maximum Gasteiger partial charge on any atom is 0.348 e. The minimum absolute atomic E-state index is 0.206. The van der Waals surface area contributed by atoms with Gasteiger partial charge in [-0.15, -0.1) is 11.3 Å². The van der Waals surface area contributed by atoms with Crippen molar-refractivity contribution in [1.29, 1.82) is 0 Å². The fourth-order valence-corrected chi connectivity index (χ4v) is 4.61. The van der Waals surface area contributed by atoms with Crippen molar-refractivity contribution in [3.05, 3.63) is 94.7 Å². The van der Waals surface area contributed by atoms with Gasteiger partial charge in [0.1, 0.15) is 22.1 Å². The number of ether oxygens (including phenoxy) is 1. The van der Waals surface area contributed by atoms with Gasteiger partial charge in [-0.25, -0.2) is 13.9 Å². The van der Waals surface area contributed by atoms with Crippen LogP contribution in [0.5, 0.6) is 0 Å². The maximum atomic E-state index is 13.3. The zero-order valence-corrected chi connectivity index (χ0v) is 16.9. The Morgan fingerprint density at radius 3 is 2.63 bits per heavy atom. The number of fused-ring (bicyclic) bond motifs is 2. The number of aromatic nitrogens is 2. The summed E-state index contributed by atoms with van der Waals surface area (Å²) in [5, 5.41) is 7.61. The molecule has 3 aromatic carbocycles. The van der Waals surface area contributed by atoms with Gasteiger partial charge in [-0.05, 0) is 53.6 Å². The highest BCUT2D eigenvalue weighted by Gasteiger charge is 2.18. The Hall–Kier alpha value is -3.51. The van der Waals surface area contributed by atoms with E-state index < -0.39 is 0 Å². The third-order valence-corrected chi connectivity index (χ3v) is 6.15. The molecule has 0 amide bonds. The molecule has 2 heterocycles. The Morgan fingerprint density at radius 2 is 1.80 bits per heavy atom. The Morgan fingerprint density at radius 1 is 1.03 bits per heavy atom. The fourth-order valence-electron chi connectivity index (χ4n) is 3.54. The van der Waals surface area contributed by atoms with E-state index in [4.69, 9.17) is 4.74 Å². The van der Waals surface area contributed by atoms with Crippen molar-refractivity contribution in [2.45, 2.75) is 13.5 Å². The lowest BCUT2D eigenvalue weighted by Gasteiger charge is -2.07. The molecule has 0 saturated carbocycles. The highest BCUT2D eigenvalue weighted by Crippen LogP contribution is 2.31. The zero-order valence-electron chi connectivity index (χ0n) is 16.1. The molecule has 0 radical (unpaired) electrons. The minimum atomic E-state index is -0.366. The first-order valence-electron chi connectivity index (χ1n) is 9.49. The first-order valence-corrected chi connectivity index (χ1v) is 10.3. The predicted octanol–water partition coefficient (Wildman–Crippen LogP) is 6.04. The van der Waals surface area contributed by atoms with Gasteiger partial charge in [-0.3, -0.25) is 0 Å². The largest absolute Gasteiger partial charge is 0.457 e. The molecule has 0 saturated heterocycles. The van der Waals surface area contributed by atoms with Crippen molar-refractivity contribution < 1.29 is 13.9 Å². The van der Waals surface area contributed by atoms with E-state index in [-0.39, 0.29) is 18.4 Å². The lowest BCUT2D eigenvalue weighted by molar-refractivity contribution is 0.0480. The number of carbonyl (C=O) groups excluding carboxylic acids is 1. The quantitative estimate of drug-likeness (QED) is 0.335. The lowest BCUT2D eigenvalue weighted by Crippen LogP contribution is -2.03. The van der Waals surface area contributed by atoms with Gasteiger partial charge in [0, 0.05) is 5.39 Å². The third kappa shape index (κ3) is 3.25. The lowest BCUT2D eigenvalue weighted by atomic mass is 10.1. The van der Waals surface area contributed by atoms with Crippen molar-refractivity contribution in [2.24, 2.45) is 0 Å². The van der Waals surface area contributed by atoms with Crippen LogP contribution in [-0.2, 0) is 11.3 Å². The molecule has 0 aliphatic rings. The third-order valence-electron chi connectivity index (χ3n) is 5.06. The molecule has 0 N–H and O–H groups in total. The van der Waals surface area contributed by atoms with Gasteiger partial charge in [0.25, 0.3) is 0 Å². The van der Waals surface area contributed by atoms with Crippen LogP contribution in [0.25, 0.3) is 26.7 Å². The molecule has 0 aliphatic heterocycles. The van der Waals surface area contributed by atoms with E-state index in [9.17, 15) is 9.18 Å². The number of benzene rings is 3. The highest BCUT2D eigenvalue weighted by molar-refractivity contribution is 7.20. The summed E-state index contributed by atoms with van der Waals surface area (Å²) in [6.07, 6.45) is 0.